The molecule has 0 bridgehead atoms. The lowest BCUT2D eigenvalue weighted by atomic mass is 10.1. The number of allylic oxidation sites excluding steroid dienone is 1. The second kappa shape index (κ2) is 4.83. The van der Waals surface area contributed by atoms with Crippen LogP contribution in [0.3, 0.4) is 0 Å². The monoisotopic (exact) mass is 175 g/mol. The highest BCUT2D eigenvalue weighted by Crippen LogP contribution is 2.07. The molecule has 70 valence electrons. The summed E-state index contributed by atoms with van der Waals surface area (Å²) in [4.78, 5) is 2.17. The van der Waals surface area contributed by atoms with Crippen LogP contribution in [0, 0.1) is 0 Å². The number of hydrogen-bond acceptors (Lipinski definition) is 1. The third-order valence-corrected chi connectivity index (χ3v) is 1.87. The molecule has 0 saturated carbocycles. The fraction of sp³-hybridized carbons (Fsp3) is 0.333. The van der Waals surface area contributed by atoms with Crippen molar-refractivity contribution in [2.75, 3.05) is 14.1 Å². The van der Waals surface area contributed by atoms with Gasteiger partial charge in [0.1, 0.15) is 0 Å². The summed E-state index contributed by atoms with van der Waals surface area (Å²) in [5.41, 5.74) is 2.71. The minimum absolute atomic E-state index is 0.960. The van der Waals surface area contributed by atoms with Crippen LogP contribution in [-0.4, -0.2) is 19.0 Å². The van der Waals surface area contributed by atoms with Gasteiger partial charge in [-0.1, -0.05) is 30.3 Å². The molecule has 0 unspecified atom stereocenters. The predicted octanol–water partition coefficient (Wildman–Crippen LogP) is 2.48. The van der Waals surface area contributed by atoms with Crippen LogP contribution in [0.5, 0.6) is 0 Å². The van der Waals surface area contributed by atoms with E-state index < -0.39 is 0 Å². The molecule has 0 N–H and O–H groups in total. The topological polar surface area (TPSA) is 3.24 Å². The zero-order valence-electron chi connectivity index (χ0n) is 8.46. The second-order valence-electron chi connectivity index (χ2n) is 3.55. The van der Waals surface area contributed by atoms with Gasteiger partial charge in [0.25, 0.3) is 0 Å². The van der Waals surface area contributed by atoms with Crippen LogP contribution in [0.25, 0.3) is 0 Å². The lowest BCUT2D eigenvalue weighted by Crippen LogP contribution is -2.10. The van der Waals surface area contributed by atoms with Crippen molar-refractivity contribution in [1.82, 2.24) is 4.90 Å². The second-order valence-corrected chi connectivity index (χ2v) is 3.55. The molecule has 0 aliphatic heterocycles. The summed E-state index contributed by atoms with van der Waals surface area (Å²) in [5.74, 6) is 0. The van der Waals surface area contributed by atoms with Crippen LogP contribution in [-0.2, 0) is 13.0 Å². The molecule has 0 saturated heterocycles. The smallest absolute Gasteiger partial charge is 0.0227 e. The maximum Gasteiger partial charge on any atom is 0.0227 e. The average Bonchev–Trinajstić information content (AvgIpc) is 2.04. The van der Waals surface area contributed by atoms with Crippen molar-refractivity contribution in [3.63, 3.8) is 0 Å². The van der Waals surface area contributed by atoms with E-state index in [9.17, 15) is 0 Å². The maximum atomic E-state index is 3.74. The molecule has 0 atom stereocenters. The van der Waals surface area contributed by atoms with E-state index in [2.05, 4.69) is 49.8 Å². The Bertz CT molecular complexity index is 276. The number of hydrogen-bond donors (Lipinski definition) is 0. The summed E-state index contributed by atoms with van der Waals surface area (Å²) >= 11 is 0. The lowest BCUT2D eigenvalue weighted by molar-refractivity contribution is 0.402. The molecule has 0 spiro atoms. The first-order valence-corrected chi connectivity index (χ1v) is 4.56. The van der Waals surface area contributed by atoms with E-state index in [-0.39, 0.29) is 0 Å². The molecule has 1 aromatic carbocycles. The average molecular weight is 175 g/mol. The van der Waals surface area contributed by atoms with E-state index in [0.29, 0.717) is 0 Å². The summed E-state index contributed by atoms with van der Waals surface area (Å²) in [6.07, 6.45) is 2.90. The fourth-order valence-corrected chi connectivity index (χ4v) is 1.39. The Morgan fingerprint density at radius 3 is 2.62 bits per heavy atom. The van der Waals surface area contributed by atoms with Gasteiger partial charge in [-0.3, -0.25) is 0 Å². The van der Waals surface area contributed by atoms with Gasteiger partial charge in [-0.15, -0.1) is 6.58 Å². The minimum atomic E-state index is 0.960. The van der Waals surface area contributed by atoms with Crippen LogP contribution in [0.15, 0.2) is 36.9 Å². The number of nitrogens with zero attached hydrogens (tertiary/aromatic N) is 1. The van der Waals surface area contributed by atoms with Crippen molar-refractivity contribution >= 4 is 0 Å². The lowest BCUT2D eigenvalue weighted by Gasteiger charge is -2.10. The van der Waals surface area contributed by atoms with E-state index in [1.54, 1.807) is 0 Å². The number of benzene rings is 1. The van der Waals surface area contributed by atoms with E-state index in [1.165, 1.54) is 11.1 Å². The van der Waals surface area contributed by atoms with Crippen LogP contribution < -0.4 is 0 Å². The first kappa shape index (κ1) is 10.0. The van der Waals surface area contributed by atoms with Gasteiger partial charge in [-0.25, -0.2) is 0 Å². The van der Waals surface area contributed by atoms with Gasteiger partial charge in [0, 0.05) is 6.54 Å². The van der Waals surface area contributed by atoms with Gasteiger partial charge < -0.3 is 4.90 Å². The maximum absolute atomic E-state index is 3.74. The third kappa shape index (κ3) is 3.43. The zero-order valence-corrected chi connectivity index (χ0v) is 8.46. The van der Waals surface area contributed by atoms with Gasteiger partial charge >= 0.3 is 0 Å². The highest BCUT2D eigenvalue weighted by atomic mass is 15.0. The first-order valence-electron chi connectivity index (χ1n) is 4.56. The zero-order chi connectivity index (χ0) is 9.68. The molecule has 0 amide bonds. The van der Waals surface area contributed by atoms with Gasteiger partial charge in [0.05, 0.1) is 0 Å². The Morgan fingerprint density at radius 1 is 1.31 bits per heavy atom. The van der Waals surface area contributed by atoms with Crippen LogP contribution in [0.4, 0.5) is 0 Å². The van der Waals surface area contributed by atoms with Gasteiger partial charge in [-0.05, 0) is 31.6 Å². The van der Waals surface area contributed by atoms with Crippen LogP contribution in [0.2, 0.25) is 0 Å². The number of rotatable bonds is 4. The standard InChI is InChI=1S/C12H17N/c1-4-6-11-7-5-8-12(9-11)10-13(2)3/h4-5,7-9H,1,6,10H2,2-3H3. The molecular weight excluding hydrogens is 158 g/mol. The molecule has 0 fully saturated rings. The molecule has 0 aliphatic carbocycles. The summed E-state index contributed by atoms with van der Waals surface area (Å²) < 4.78 is 0. The van der Waals surface area contributed by atoms with Crippen molar-refractivity contribution in [3.05, 3.63) is 48.0 Å². The third-order valence-electron chi connectivity index (χ3n) is 1.87. The van der Waals surface area contributed by atoms with Gasteiger partial charge in [-0.2, -0.15) is 0 Å². The Hall–Kier alpha value is -1.08. The van der Waals surface area contributed by atoms with Gasteiger partial charge in [0.2, 0.25) is 0 Å². The highest BCUT2D eigenvalue weighted by Gasteiger charge is 1.95. The van der Waals surface area contributed by atoms with Crippen molar-refractivity contribution in [3.8, 4) is 0 Å². The molecule has 1 heteroatoms. The van der Waals surface area contributed by atoms with E-state index >= 15 is 0 Å². The molecule has 1 rings (SSSR count). The summed E-state index contributed by atoms with van der Waals surface area (Å²) in [7, 11) is 4.17. The Morgan fingerprint density at radius 2 is 2.00 bits per heavy atom. The highest BCUT2D eigenvalue weighted by molar-refractivity contribution is 5.24. The quantitative estimate of drug-likeness (QED) is 0.635. The van der Waals surface area contributed by atoms with E-state index in [0.717, 1.165) is 13.0 Å². The molecule has 0 aromatic heterocycles. The Labute approximate surface area is 80.7 Å². The Kier molecular flexibility index (Phi) is 3.71. The summed E-state index contributed by atoms with van der Waals surface area (Å²) in [5, 5.41) is 0. The molecule has 0 aliphatic rings. The van der Waals surface area contributed by atoms with Crippen LogP contribution in [0.1, 0.15) is 11.1 Å². The van der Waals surface area contributed by atoms with Gasteiger partial charge in [0.15, 0.2) is 0 Å². The van der Waals surface area contributed by atoms with Crippen molar-refractivity contribution in [1.29, 1.82) is 0 Å². The molecule has 1 nitrogen and oxygen atoms in total. The van der Waals surface area contributed by atoms with E-state index in [1.807, 2.05) is 6.08 Å². The summed E-state index contributed by atoms with van der Waals surface area (Å²) in [6, 6.07) is 8.65. The largest absolute Gasteiger partial charge is 0.305 e. The molecule has 1 aromatic rings. The normalized spacial score (nSPS) is 10.4. The van der Waals surface area contributed by atoms with E-state index in [4.69, 9.17) is 0 Å². The predicted molar refractivity (Wildman–Crippen MR) is 57.7 cm³/mol. The fourth-order valence-electron chi connectivity index (χ4n) is 1.39. The summed E-state index contributed by atoms with van der Waals surface area (Å²) in [6.45, 7) is 4.74. The minimum Gasteiger partial charge on any atom is -0.305 e. The SMILES string of the molecule is C=CCc1cccc(CN(C)C)c1. The van der Waals surface area contributed by atoms with Crippen molar-refractivity contribution in [2.24, 2.45) is 0 Å². The molecular formula is C12H17N. The Balaban J connectivity index is 2.72. The first-order chi connectivity index (χ1) is 6.22. The molecule has 0 heterocycles. The molecule has 13 heavy (non-hydrogen) atoms. The van der Waals surface area contributed by atoms with Crippen molar-refractivity contribution in [2.45, 2.75) is 13.0 Å². The van der Waals surface area contributed by atoms with Crippen LogP contribution >= 0.6 is 0 Å². The van der Waals surface area contributed by atoms with Crippen molar-refractivity contribution < 1.29 is 0 Å². The molecule has 0 radical (unpaired) electrons.